The van der Waals surface area contributed by atoms with Crippen molar-refractivity contribution in [1.82, 2.24) is 5.32 Å². The van der Waals surface area contributed by atoms with Crippen molar-refractivity contribution in [3.8, 4) is 11.3 Å². The van der Waals surface area contributed by atoms with Crippen molar-refractivity contribution < 1.29 is 14.1 Å². The average molecular weight is 331 g/mol. The van der Waals surface area contributed by atoms with Gasteiger partial charge < -0.3 is 9.73 Å². The van der Waals surface area contributed by atoms with Crippen LogP contribution in [-0.4, -0.2) is 23.4 Å². The first-order valence-electron chi connectivity index (χ1n) is 6.46. The first kappa shape index (κ1) is 16.5. The number of nitro groups is 1. The largest absolute Gasteiger partial charge is 0.456 e. The lowest BCUT2D eigenvalue weighted by Gasteiger charge is -2.01. The summed E-state index contributed by atoms with van der Waals surface area (Å²) in [5, 5.41) is 20.2. The Labute approximate surface area is 136 Å². The van der Waals surface area contributed by atoms with Crippen LogP contribution >= 0.6 is 11.8 Å². The van der Waals surface area contributed by atoms with E-state index in [-0.39, 0.29) is 5.69 Å². The van der Waals surface area contributed by atoms with Crippen molar-refractivity contribution in [2.75, 3.05) is 6.26 Å². The van der Waals surface area contributed by atoms with E-state index in [9.17, 15) is 14.9 Å². The molecule has 0 spiro atoms. The maximum absolute atomic E-state index is 11.7. The normalized spacial score (nSPS) is 11.1. The van der Waals surface area contributed by atoms with Gasteiger partial charge in [-0.25, -0.2) is 0 Å². The third-order valence-electron chi connectivity index (χ3n) is 2.91. The van der Waals surface area contributed by atoms with Gasteiger partial charge in [0.1, 0.15) is 11.5 Å². The lowest BCUT2D eigenvalue weighted by Crippen LogP contribution is -2.21. The molecule has 7 nitrogen and oxygen atoms in total. The number of thioether (sulfide) groups is 1. The molecule has 1 aromatic carbocycles. The van der Waals surface area contributed by atoms with Crippen LogP contribution in [0.25, 0.3) is 17.4 Å². The number of rotatable bonds is 6. The van der Waals surface area contributed by atoms with Gasteiger partial charge in [-0.2, -0.15) is 0 Å². The summed E-state index contributed by atoms with van der Waals surface area (Å²) in [7, 11) is 0. The molecule has 23 heavy (non-hydrogen) atoms. The molecule has 0 bridgehead atoms. The van der Waals surface area contributed by atoms with Gasteiger partial charge in [0.15, 0.2) is 0 Å². The van der Waals surface area contributed by atoms with E-state index in [1.54, 1.807) is 36.6 Å². The number of hydrogen-bond acceptors (Lipinski definition) is 6. The van der Waals surface area contributed by atoms with E-state index in [1.165, 1.54) is 23.9 Å². The van der Waals surface area contributed by atoms with Crippen molar-refractivity contribution in [3.05, 3.63) is 57.2 Å². The maximum Gasteiger partial charge on any atom is 0.280 e. The second kappa shape index (κ2) is 7.41. The topological polar surface area (TPSA) is 109 Å². The third-order valence-corrected chi connectivity index (χ3v) is 3.66. The Morgan fingerprint density at radius 2 is 2.09 bits per heavy atom. The number of carbonyl (C=O) groups excluding carboxylic acids is 1. The highest BCUT2D eigenvalue weighted by Crippen LogP contribution is 2.31. The van der Waals surface area contributed by atoms with Crippen LogP contribution in [0.1, 0.15) is 5.76 Å². The number of hydrogen-bond donors (Lipinski definition) is 2. The van der Waals surface area contributed by atoms with E-state index in [4.69, 9.17) is 9.83 Å². The number of nitrogens with one attached hydrogen (secondary N) is 2. The minimum atomic E-state index is -0.474. The molecule has 2 aromatic rings. The van der Waals surface area contributed by atoms with Crippen LogP contribution in [0.15, 0.2) is 45.7 Å². The summed E-state index contributed by atoms with van der Waals surface area (Å²) in [4.78, 5) is 22.7. The van der Waals surface area contributed by atoms with E-state index in [2.05, 4.69) is 5.32 Å². The molecule has 0 aliphatic heterocycles. The SMILES string of the molecule is CS/C(=C\c1ccc(-c2ccccc2[N+](=O)[O-])o1)C(=O)NC=N. The Bertz CT molecular complexity index is 783. The fraction of sp³-hybridized carbons (Fsp3) is 0.0667. The first-order valence-corrected chi connectivity index (χ1v) is 7.68. The number of benzene rings is 1. The summed E-state index contributed by atoms with van der Waals surface area (Å²) in [5.74, 6) is 0.315. The molecule has 0 aliphatic rings. The number of furan rings is 1. The zero-order valence-corrected chi connectivity index (χ0v) is 12.9. The van der Waals surface area contributed by atoms with E-state index < -0.39 is 10.8 Å². The zero-order valence-electron chi connectivity index (χ0n) is 12.1. The average Bonchev–Trinajstić information content (AvgIpc) is 3.01. The number of amides is 1. The van der Waals surface area contributed by atoms with E-state index >= 15 is 0 Å². The molecule has 0 saturated carbocycles. The first-order chi connectivity index (χ1) is 11.1. The van der Waals surface area contributed by atoms with Gasteiger partial charge >= 0.3 is 0 Å². The maximum atomic E-state index is 11.7. The highest BCUT2D eigenvalue weighted by atomic mass is 32.2. The van der Waals surface area contributed by atoms with E-state index in [0.717, 1.165) is 6.34 Å². The van der Waals surface area contributed by atoms with Crippen molar-refractivity contribution in [1.29, 1.82) is 5.41 Å². The Balaban J connectivity index is 2.36. The van der Waals surface area contributed by atoms with Gasteiger partial charge in [0.05, 0.1) is 21.7 Å². The summed E-state index contributed by atoms with van der Waals surface area (Å²) in [6.07, 6.45) is 4.04. The molecule has 0 fully saturated rings. The molecule has 0 aliphatic carbocycles. The molecule has 0 atom stereocenters. The summed E-state index contributed by atoms with van der Waals surface area (Å²) >= 11 is 1.20. The molecule has 0 radical (unpaired) electrons. The lowest BCUT2D eigenvalue weighted by atomic mass is 10.1. The Kier molecular flexibility index (Phi) is 5.32. The Hall–Kier alpha value is -2.87. The Morgan fingerprint density at radius 1 is 1.35 bits per heavy atom. The Morgan fingerprint density at radius 3 is 2.74 bits per heavy atom. The monoisotopic (exact) mass is 331 g/mol. The van der Waals surface area contributed by atoms with Gasteiger partial charge in [-0.1, -0.05) is 12.1 Å². The van der Waals surface area contributed by atoms with Crippen LogP contribution in [0.2, 0.25) is 0 Å². The smallest absolute Gasteiger partial charge is 0.280 e. The highest BCUT2D eigenvalue weighted by Gasteiger charge is 2.17. The van der Waals surface area contributed by atoms with Crippen molar-refractivity contribution in [2.24, 2.45) is 0 Å². The number of nitrogens with zero attached hydrogens (tertiary/aromatic N) is 1. The van der Waals surface area contributed by atoms with Crippen LogP contribution in [-0.2, 0) is 4.79 Å². The van der Waals surface area contributed by atoms with Gasteiger partial charge in [-0.15, -0.1) is 11.8 Å². The summed E-state index contributed by atoms with van der Waals surface area (Å²) in [5.41, 5.74) is 0.316. The van der Waals surface area contributed by atoms with E-state index in [1.807, 2.05) is 0 Å². The lowest BCUT2D eigenvalue weighted by molar-refractivity contribution is -0.384. The predicted molar refractivity (Wildman–Crippen MR) is 89.2 cm³/mol. The summed E-state index contributed by atoms with van der Waals surface area (Å²) < 4.78 is 5.59. The molecule has 1 amide bonds. The van der Waals surface area contributed by atoms with Gasteiger partial charge in [0.2, 0.25) is 0 Å². The van der Waals surface area contributed by atoms with Crippen molar-refractivity contribution >= 4 is 35.8 Å². The summed E-state index contributed by atoms with van der Waals surface area (Å²) in [6, 6.07) is 9.50. The molecule has 2 N–H and O–H groups in total. The van der Waals surface area contributed by atoms with Crippen LogP contribution in [0, 0.1) is 15.5 Å². The summed E-state index contributed by atoms with van der Waals surface area (Å²) in [6.45, 7) is 0. The number of nitro benzene ring substituents is 1. The third kappa shape index (κ3) is 3.86. The molecule has 2 rings (SSSR count). The van der Waals surface area contributed by atoms with Gasteiger partial charge in [-0.05, 0) is 30.5 Å². The fourth-order valence-electron chi connectivity index (χ4n) is 1.90. The quantitative estimate of drug-likeness (QED) is 0.277. The van der Waals surface area contributed by atoms with Crippen LogP contribution in [0.3, 0.4) is 0 Å². The van der Waals surface area contributed by atoms with E-state index in [0.29, 0.717) is 22.0 Å². The minimum absolute atomic E-state index is 0.0518. The predicted octanol–water partition coefficient (Wildman–Crippen LogP) is 3.28. The molecule has 1 heterocycles. The van der Waals surface area contributed by atoms with Crippen LogP contribution < -0.4 is 5.32 Å². The number of para-hydroxylation sites is 1. The highest BCUT2D eigenvalue weighted by molar-refractivity contribution is 8.03. The second-order valence-corrected chi connectivity index (χ2v) is 5.15. The van der Waals surface area contributed by atoms with Gasteiger partial charge in [0.25, 0.3) is 11.6 Å². The molecule has 1 aromatic heterocycles. The molecular formula is C15H13N3O4S. The zero-order chi connectivity index (χ0) is 16.8. The molecule has 118 valence electrons. The molecule has 0 saturated heterocycles. The molecule has 8 heteroatoms. The van der Waals surface area contributed by atoms with Crippen LogP contribution in [0.5, 0.6) is 0 Å². The van der Waals surface area contributed by atoms with Crippen molar-refractivity contribution in [3.63, 3.8) is 0 Å². The van der Waals surface area contributed by atoms with Crippen molar-refractivity contribution in [2.45, 2.75) is 0 Å². The van der Waals surface area contributed by atoms with Crippen LogP contribution in [0.4, 0.5) is 5.69 Å². The fourth-order valence-corrected chi connectivity index (χ4v) is 2.38. The minimum Gasteiger partial charge on any atom is -0.456 e. The molecular weight excluding hydrogens is 318 g/mol. The second-order valence-electron chi connectivity index (χ2n) is 4.31. The standard InChI is InChI=1S/C15H13N3O4S/c1-23-14(15(19)17-9-16)8-10-6-7-13(22-10)11-4-2-3-5-12(11)18(20)21/h2-9H,1H3,(H2,16,17,19)/b14-8-. The van der Waals surface area contributed by atoms with Gasteiger partial charge in [0, 0.05) is 6.07 Å². The number of carbonyl (C=O) groups is 1. The molecule has 0 unspecified atom stereocenters. The van der Waals surface area contributed by atoms with Gasteiger partial charge in [-0.3, -0.25) is 20.3 Å².